The maximum absolute atomic E-state index is 11.8. The van der Waals surface area contributed by atoms with Crippen molar-refractivity contribution in [1.82, 2.24) is 10.6 Å². The molecular weight excluding hydrogens is 284 g/mol. The number of aliphatic carboxylic acids is 1. The topological polar surface area (TPSA) is 113 Å². The number of rotatable bonds is 6. The number of carbonyl (C=O) groups is 2. The van der Waals surface area contributed by atoms with Crippen LogP contribution in [0.15, 0.2) is 0 Å². The normalized spacial score (nSPS) is 24.6. The van der Waals surface area contributed by atoms with Crippen molar-refractivity contribution in [2.45, 2.75) is 32.7 Å². The van der Waals surface area contributed by atoms with Crippen LogP contribution in [0.2, 0.25) is 0 Å². The van der Waals surface area contributed by atoms with Gasteiger partial charge in [0.25, 0.3) is 0 Å². The molecule has 0 spiro atoms. The highest BCUT2D eigenvalue weighted by Gasteiger charge is 2.32. The summed E-state index contributed by atoms with van der Waals surface area (Å²) in [7, 11) is -3.08. The smallest absolute Gasteiger partial charge is 0.311 e. The molecule has 1 fully saturated rings. The van der Waals surface area contributed by atoms with Gasteiger partial charge < -0.3 is 15.7 Å². The van der Waals surface area contributed by atoms with Gasteiger partial charge in [0.15, 0.2) is 9.84 Å². The summed E-state index contributed by atoms with van der Waals surface area (Å²) in [4.78, 5) is 22.9. The molecule has 0 radical (unpaired) electrons. The molecule has 1 saturated heterocycles. The Labute approximate surface area is 119 Å². The highest BCUT2D eigenvalue weighted by molar-refractivity contribution is 7.91. The summed E-state index contributed by atoms with van der Waals surface area (Å²) in [5.41, 5.74) is -0.998. The SMILES string of the molecule is CCC(C)(CNC(=O)CC1CS(=O)(=O)CCN1)C(=O)O. The lowest BCUT2D eigenvalue weighted by Crippen LogP contribution is -2.48. The lowest BCUT2D eigenvalue weighted by Gasteiger charge is -2.25. The summed E-state index contributed by atoms with van der Waals surface area (Å²) in [6.45, 7) is 3.70. The first-order valence-electron chi connectivity index (χ1n) is 6.62. The van der Waals surface area contributed by atoms with Crippen molar-refractivity contribution in [1.29, 1.82) is 0 Å². The summed E-state index contributed by atoms with van der Waals surface area (Å²) in [6, 6.07) is -0.397. The summed E-state index contributed by atoms with van der Waals surface area (Å²) in [6.07, 6.45) is 0.442. The van der Waals surface area contributed by atoms with E-state index in [0.717, 1.165) is 0 Å². The minimum Gasteiger partial charge on any atom is -0.481 e. The number of hydrogen-bond acceptors (Lipinski definition) is 5. The lowest BCUT2D eigenvalue weighted by atomic mass is 9.87. The average molecular weight is 306 g/mol. The summed E-state index contributed by atoms with van der Waals surface area (Å²) in [5.74, 6) is -1.25. The molecule has 1 rings (SSSR count). The molecule has 3 N–H and O–H groups in total. The van der Waals surface area contributed by atoms with E-state index in [9.17, 15) is 18.0 Å². The van der Waals surface area contributed by atoms with Crippen LogP contribution < -0.4 is 10.6 Å². The van der Waals surface area contributed by atoms with E-state index in [0.29, 0.717) is 13.0 Å². The Morgan fingerprint density at radius 2 is 2.10 bits per heavy atom. The fraction of sp³-hybridized carbons (Fsp3) is 0.833. The zero-order valence-corrected chi connectivity index (χ0v) is 12.6. The Morgan fingerprint density at radius 3 is 2.60 bits per heavy atom. The molecule has 20 heavy (non-hydrogen) atoms. The van der Waals surface area contributed by atoms with Crippen LogP contribution in [0.4, 0.5) is 0 Å². The van der Waals surface area contributed by atoms with Gasteiger partial charge in [0.2, 0.25) is 5.91 Å². The zero-order valence-electron chi connectivity index (χ0n) is 11.8. The number of amides is 1. The van der Waals surface area contributed by atoms with Gasteiger partial charge in [0, 0.05) is 25.6 Å². The van der Waals surface area contributed by atoms with Gasteiger partial charge in [-0.1, -0.05) is 6.92 Å². The lowest BCUT2D eigenvalue weighted by molar-refractivity contribution is -0.148. The van der Waals surface area contributed by atoms with Gasteiger partial charge in [-0.05, 0) is 13.3 Å². The standard InChI is InChI=1S/C12H22N2O5S/c1-3-12(2,11(16)17)8-14-10(15)6-9-7-20(18,19)5-4-13-9/h9,13H,3-8H2,1-2H3,(H,14,15)(H,16,17). The third-order valence-electron chi connectivity index (χ3n) is 3.71. The van der Waals surface area contributed by atoms with Gasteiger partial charge in [-0.2, -0.15) is 0 Å². The van der Waals surface area contributed by atoms with Gasteiger partial charge in [-0.3, -0.25) is 9.59 Å². The monoisotopic (exact) mass is 306 g/mol. The van der Waals surface area contributed by atoms with E-state index < -0.39 is 27.3 Å². The van der Waals surface area contributed by atoms with E-state index in [1.807, 2.05) is 0 Å². The van der Waals surface area contributed by atoms with Gasteiger partial charge in [-0.15, -0.1) is 0 Å². The molecule has 8 heteroatoms. The van der Waals surface area contributed by atoms with E-state index >= 15 is 0 Å². The quantitative estimate of drug-likeness (QED) is 0.603. The Bertz CT molecular complexity index is 476. The van der Waals surface area contributed by atoms with Crippen LogP contribution in [0.25, 0.3) is 0 Å². The van der Waals surface area contributed by atoms with Crippen molar-refractivity contribution < 1.29 is 23.1 Å². The Morgan fingerprint density at radius 1 is 1.45 bits per heavy atom. The van der Waals surface area contributed by atoms with Crippen LogP contribution in [0.1, 0.15) is 26.7 Å². The highest BCUT2D eigenvalue weighted by Crippen LogP contribution is 2.19. The number of carboxylic acids is 1. The van der Waals surface area contributed by atoms with Crippen LogP contribution in [0, 0.1) is 5.41 Å². The molecule has 2 unspecified atom stereocenters. The minimum absolute atomic E-state index is 0.0388. The largest absolute Gasteiger partial charge is 0.481 e. The zero-order chi connectivity index (χ0) is 15.4. The molecular formula is C12H22N2O5S. The molecule has 1 amide bonds. The van der Waals surface area contributed by atoms with Crippen molar-refractivity contribution in [3.63, 3.8) is 0 Å². The van der Waals surface area contributed by atoms with Crippen molar-refractivity contribution >= 4 is 21.7 Å². The van der Waals surface area contributed by atoms with E-state index in [1.54, 1.807) is 13.8 Å². The van der Waals surface area contributed by atoms with Crippen LogP contribution in [0.5, 0.6) is 0 Å². The third kappa shape index (κ3) is 4.75. The van der Waals surface area contributed by atoms with Crippen LogP contribution in [-0.4, -0.2) is 56.0 Å². The second kappa shape index (κ2) is 6.53. The van der Waals surface area contributed by atoms with Crippen LogP contribution in [-0.2, 0) is 19.4 Å². The Kier molecular flexibility index (Phi) is 5.52. The fourth-order valence-electron chi connectivity index (χ4n) is 1.94. The Balaban J connectivity index is 2.46. The molecule has 0 aromatic heterocycles. The first-order chi connectivity index (χ1) is 9.18. The summed E-state index contributed by atoms with van der Waals surface area (Å²) >= 11 is 0. The van der Waals surface area contributed by atoms with E-state index in [2.05, 4.69) is 10.6 Å². The number of sulfone groups is 1. The first-order valence-corrected chi connectivity index (χ1v) is 8.44. The molecule has 116 valence electrons. The van der Waals surface area contributed by atoms with Crippen LogP contribution in [0.3, 0.4) is 0 Å². The summed E-state index contributed by atoms with van der Waals surface area (Å²) < 4.78 is 22.9. The van der Waals surface area contributed by atoms with E-state index in [-0.39, 0.29) is 30.4 Å². The highest BCUT2D eigenvalue weighted by atomic mass is 32.2. The van der Waals surface area contributed by atoms with Crippen molar-refractivity contribution in [2.24, 2.45) is 5.41 Å². The van der Waals surface area contributed by atoms with E-state index in [4.69, 9.17) is 5.11 Å². The Hall–Kier alpha value is -1.15. The molecule has 0 aromatic carbocycles. The van der Waals surface area contributed by atoms with Gasteiger partial charge >= 0.3 is 5.97 Å². The average Bonchev–Trinajstić information content (AvgIpc) is 2.34. The van der Waals surface area contributed by atoms with Gasteiger partial charge in [0.1, 0.15) is 0 Å². The molecule has 1 aliphatic heterocycles. The van der Waals surface area contributed by atoms with E-state index in [1.165, 1.54) is 0 Å². The number of carboxylic acid groups (broad SMARTS) is 1. The van der Waals surface area contributed by atoms with Crippen molar-refractivity contribution in [2.75, 3.05) is 24.6 Å². The molecule has 0 aromatic rings. The number of hydrogen-bond donors (Lipinski definition) is 3. The van der Waals surface area contributed by atoms with Crippen LogP contribution >= 0.6 is 0 Å². The maximum atomic E-state index is 11.8. The predicted octanol–water partition coefficient (Wildman–Crippen LogP) is -0.620. The minimum atomic E-state index is -3.08. The molecule has 2 atom stereocenters. The first kappa shape index (κ1) is 16.9. The number of carbonyl (C=O) groups excluding carboxylic acids is 1. The molecule has 0 bridgehead atoms. The third-order valence-corrected chi connectivity index (χ3v) is 5.44. The molecule has 0 saturated carbocycles. The second-order valence-electron chi connectivity index (χ2n) is 5.47. The molecule has 7 nitrogen and oxygen atoms in total. The van der Waals surface area contributed by atoms with Crippen molar-refractivity contribution in [3.05, 3.63) is 0 Å². The molecule has 1 heterocycles. The van der Waals surface area contributed by atoms with Gasteiger partial charge in [0.05, 0.1) is 16.9 Å². The van der Waals surface area contributed by atoms with Gasteiger partial charge in [-0.25, -0.2) is 8.42 Å². The molecule has 1 aliphatic rings. The number of nitrogens with one attached hydrogen (secondary N) is 2. The van der Waals surface area contributed by atoms with Crippen molar-refractivity contribution in [3.8, 4) is 0 Å². The fourth-order valence-corrected chi connectivity index (χ4v) is 3.38. The maximum Gasteiger partial charge on any atom is 0.311 e. The second-order valence-corrected chi connectivity index (χ2v) is 7.69. The molecule has 0 aliphatic carbocycles. The summed E-state index contributed by atoms with van der Waals surface area (Å²) in [5, 5.41) is 14.7. The predicted molar refractivity (Wildman–Crippen MR) is 74.1 cm³/mol.